The molecule has 0 aromatic heterocycles. The number of halogens is 4. The highest BCUT2D eigenvalue weighted by atomic mass is 32.2. The van der Waals surface area contributed by atoms with Crippen LogP contribution in [0.2, 0.25) is 0 Å². The number of carboxylic acid groups (broad SMARTS) is 1. The predicted molar refractivity (Wildman–Crippen MR) is 105 cm³/mol. The number of sulfonamides is 1. The molecule has 1 heterocycles. The van der Waals surface area contributed by atoms with Crippen molar-refractivity contribution in [3.8, 4) is 11.1 Å². The van der Waals surface area contributed by atoms with E-state index in [1.165, 1.54) is 37.3 Å². The molecule has 0 radical (unpaired) electrons. The minimum atomic E-state index is -3.88. The van der Waals surface area contributed by atoms with Gasteiger partial charge in [-0.15, -0.1) is 0 Å². The van der Waals surface area contributed by atoms with Crippen LogP contribution in [0.15, 0.2) is 36.4 Å². The quantitative estimate of drug-likeness (QED) is 0.648. The Kier molecular flexibility index (Phi) is 6.56. The molecule has 1 aliphatic rings. The molecule has 0 bridgehead atoms. The van der Waals surface area contributed by atoms with Crippen molar-refractivity contribution in [2.24, 2.45) is 0 Å². The number of alkyl halides is 1. The summed E-state index contributed by atoms with van der Waals surface area (Å²) in [6, 6.07) is 4.53. The normalized spacial score (nSPS) is 21.5. The van der Waals surface area contributed by atoms with Crippen molar-refractivity contribution in [3.05, 3.63) is 59.4 Å². The van der Waals surface area contributed by atoms with Crippen LogP contribution in [0, 0.1) is 17.5 Å². The maximum atomic E-state index is 15.2. The van der Waals surface area contributed by atoms with E-state index in [-0.39, 0.29) is 28.9 Å². The summed E-state index contributed by atoms with van der Waals surface area (Å²) in [4.78, 5) is 12.3. The van der Waals surface area contributed by atoms with Crippen molar-refractivity contribution in [1.82, 2.24) is 9.62 Å². The fraction of sp³-hybridized carbons (Fsp3) is 0.350. The second kappa shape index (κ2) is 8.83. The first kappa shape index (κ1) is 23.0. The van der Waals surface area contributed by atoms with E-state index in [0.29, 0.717) is 4.90 Å². The molecule has 1 amide bonds. The number of nitrogens with zero attached hydrogens (tertiary/aromatic N) is 1. The number of rotatable bonds is 6. The van der Waals surface area contributed by atoms with Crippen LogP contribution in [0.5, 0.6) is 0 Å². The Morgan fingerprint density at radius 3 is 2.35 bits per heavy atom. The van der Waals surface area contributed by atoms with Gasteiger partial charge in [-0.05, 0) is 25.0 Å². The number of benzene rings is 2. The van der Waals surface area contributed by atoms with Crippen molar-refractivity contribution < 1.29 is 35.9 Å². The summed E-state index contributed by atoms with van der Waals surface area (Å²) in [5, 5.41) is 9.42. The number of carbonyl (C=O) groups is 1. The van der Waals surface area contributed by atoms with Crippen LogP contribution in [-0.4, -0.2) is 55.1 Å². The van der Waals surface area contributed by atoms with Gasteiger partial charge in [-0.25, -0.2) is 35.5 Å². The summed E-state index contributed by atoms with van der Waals surface area (Å²) >= 11 is 0. The van der Waals surface area contributed by atoms with Gasteiger partial charge < -0.3 is 10.0 Å². The van der Waals surface area contributed by atoms with Crippen molar-refractivity contribution in [2.45, 2.75) is 31.6 Å². The van der Waals surface area contributed by atoms with Crippen LogP contribution in [0.3, 0.4) is 0 Å². The van der Waals surface area contributed by atoms with Gasteiger partial charge in [-0.3, -0.25) is 0 Å². The number of amides is 1. The predicted octanol–water partition coefficient (Wildman–Crippen LogP) is 3.32. The molecule has 0 aliphatic carbocycles. The summed E-state index contributed by atoms with van der Waals surface area (Å²) in [5.74, 6) is -3.69. The highest BCUT2D eigenvalue weighted by molar-refractivity contribution is 7.89. The topological polar surface area (TPSA) is 86.7 Å². The molecule has 0 spiro atoms. The fourth-order valence-corrected chi connectivity index (χ4v) is 4.54. The molecule has 3 atom stereocenters. The van der Waals surface area contributed by atoms with Crippen molar-refractivity contribution in [1.29, 1.82) is 0 Å². The highest BCUT2D eigenvalue weighted by Gasteiger charge is 2.46. The molecule has 6 nitrogen and oxygen atoms in total. The number of likely N-dealkylation sites (tertiary alicyclic amines) is 1. The Morgan fingerprint density at radius 1 is 1.13 bits per heavy atom. The van der Waals surface area contributed by atoms with E-state index in [9.17, 15) is 31.5 Å². The molecular formula is C20H20F4N2O4S. The maximum absolute atomic E-state index is 15.2. The van der Waals surface area contributed by atoms with Crippen LogP contribution in [0.4, 0.5) is 22.4 Å². The second-order valence-electron chi connectivity index (χ2n) is 7.15. The van der Waals surface area contributed by atoms with Gasteiger partial charge in [0, 0.05) is 11.1 Å². The Labute approximate surface area is 176 Å². The molecule has 2 aromatic carbocycles. The van der Waals surface area contributed by atoms with E-state index >= 15 is 4.39 Å². The fourth-order valence-electron chi connectivity index (χ4n) is 3.65. The van der Waals surface area contributed by atoms with E-state index in [0.717, 1.165) is 6.07 Å². The number of hydrogen-bond acceptors (Lipinski definition) is 3. The van der Waals surface area contributed by atoms with E-state index in [1.54, 1.807) is 0 Å². The van der Waals surface area contributed by atoms with Gasteiger partial charge in [0.15, 0.2) is 11.6 Å². The van der Waals surface area contributed by atoms with Crippen molar-refractivity contribution in [3.63, 3.8) is 0 Å². The van der Waals surface area contributed by atoms with Gasteiger partial charge in [-0.2, -0.15) is 0 Å². The lowest BCUT2D eigenvalue weighted by Crippen LogP contribution is -2.50. The van der Waals surface area contributed by atoms with E-state index in [2.05, 4.69) is 4.72 Å². The molecule has 3 rings (SSSR count). The molecule has 31 heavy (non-hydrogen) atoms. The lowest BCUT2D eigenvalue weighted by atomic mass is 9.95. The molecule has 1 saturated heterocycles. The third-order valence-electron chi connectivity index (χ3n) is 5.27. The molecule has 168 valence electrons. The lowest BCUT2D eigenvalue weighted by molar-refractivity contribution is 0.136. The van der Waals surface area contributed by atoms with E-state index in [4.69, 9.17) is 0 Å². The van der Waals surface area contributed by atoms with Crippen LogP contribution in [0.25, 0.3) is 11.1 Å². The average Bonchev–Trinajstić information content (AvgIpc) is 3.01. The van der Waals surface area contributed by atoms with Crippen molar-refractivity contribution >= 4 is 16.1 Å². The molecule has 2 N–H and O–H groups in total. The number of hydrogen-bond donors (Lipinski definition) is 2. The molecular weight excluding hydrogens is 440 g/mol. The molecule has 1 fully saturated rings. The van der Waals surface area contributed by atoms with Crippen LogP contribution >= 0.6 is 0 Å². The van der Waals surface area contributed by atoms with Crippen LogP contribution in [-0.2, 0) is 16.4 Å². The Balaban J connectivity index is 2.00. The summed E-state index contributed by atoms with van der Waals surface area (Å²) in [7, 11) is -3.88. The minimum absolute atomic E-state index is 0.0905. The van der Waals surface area contributed by atoms with Gasteiger partial charge in [0.25, 0.3) is 0 Å². The van der Waals surface area contributed by atoms with Crippen molar-refractivity contribution in [2.75, 3.05) is 12.3 Å². The standard InChI is InChI=1S/C20H20F4N2O4S/c1-2-31(29,30)25-19-15(22)10-26(20(27)28)16(19)9-11-5-3-6-12(17(11)23)13-7-4-8-14(21)18(13)24/h3-8,15-16,19,25H,2,9-10H2,1H3,(H,27,28)/t15-,16-,19-/m0/s1. The Hall–Kier alpha value is -2.66. The molecule has 0 saturated carbocycles. The maximum Gasteiger partial charge on any atom is 0.407 e. The third-order valence-corrected chi connectivity index (χ3v) is 6.66. The first-order valence-corrected chi connectivity index (χ1v) is 11.1. The summed E-state index contributed by atoms with van der Waals surface area (Å²) < 4.78 is 83.5. The zero-order valence-electron chi connectivity index (χ0n) is 16.4. The lowest BCUT2D eigenvalue weighted by Gasteiger charge is -2.26. The largest absolute Gasteiger partial charge is 0.465 e. The first-order chi connectivity index (χ1) is 14.6. The summed E-state index contributed by atoms with van der Waals surface area (Å²) in [5.41, 5.74) is -0.670. The third kappa shape index (κ3) is 4.67. The highest BCUT2D eigenvalue weighted by Crippen LogP contribution is 2.31. The zero-order chi connectivity index (χ0) is 22.9. The molecule has 2 aromatic rings. The van der Waals surface area contributed by atoms with E-state index in [1.807, 2.05) is 0 Å². The summed E-state index contributed by atoms with van der Waals surface area (Å²) in [6.45, 7) is 0.752. The number of nitrogens with one attached hydrogen (secondary N) is 1. The van der Waals surface area contributed by atoms with Gasteiger partial charge >= 0.3 is 6.09 Å². The molecule has 11 heteroatoms. The molecule has 1 aliphatic heterocycles. The van der Waals surface area contributed by atoms with Gasteiger partial charge in [0.2, 0.25) is 10.0 Å². The minimum Gasteiger partial charge on any atom is -0.465 e. The smallest absolute Gasteiger partial charge is 0.407 e. The molecule has 0 unspecified atom stereocenters. The zero-order valence-corrected chi connectivity index (χ0v) is 17.2. The Morgan fingerprint density at radius 2 is 1.74 bits per heavy atom. The first-order valence-electron chi connectivity index (χ1n) is 9.41. The second-order valence-corrected chi connectivity index (χ2v) is 9.19. The van der Waals surface area contributed by atoms with Gasteiger partial charge in [0.1, 0.15) is 12.0 Å². The van der Waals surface area contributed by atoms with E-state index < -0.39 is 58.4 Å². The monoisotopic (exact) mass is 460 g/mol. The average molecular weight is 460 g/mol. The van der Waals surface area contributed by atoms with Crippen LogP contribution < -0.4 is 4.72 Å². The summed E-state index contributed by atoms with van der Waals surface area (Å²) in [6.07, 6.45) is -3.70. The van der Waals surface area contributed by atoms with Crippen LogP contribution in [0.1, 0.15) is 12.5 Å². The SMILES string of the molecule is CCS(=O)(=O)N[C@H]1[C@@H](F)CN(C(=O)O)[C@H]1Cc1cccc(-c2cccc(F)c2F)c1F. The van der Waals surface area contributed by atoms with Gasteiger partial charge in [-0.1, -0.05) is 30.3 Å². The Bertz CT molecular complexity index is 1100. The van der Waals surface area contributed by atoms with Gasteiger partial charge in [0.05, 0.1) is 24.4 Å².